The van der Waals surface area contributed by atoms with E-state index in [1.54, 1.807) is 0 Å². The van der Waals surface area contributed by atoms with Crippen LogP contribution in [0.2, 0.25) is 0 Å². The van der Waals surface area contributed by atoms with Crippen LogP contribution in [0.3, 0.4) is 0 Å². The van der Waals surface area contributed by atoms with Crippen molar-refractivity contribution in [2.45, 2.75) is 59.3 Å². The number of hydrogen-bond acceptors (Lipinski definition) is 5. The SMILES string of the molecule is CCCCc1ccc2c(c1)c1ccccc1n2-c1ccc(-c2nc(-c3cc(C)cc(I)c3)nc(-c3cc(I)cc(C(C)(C)C)c3)n2)cc1-c1cc(-c2ccccc2)nc(-c2ccccc2)n1. The molecule has 6 nitrogen and oxygen atoms in total. The molecule has 0 saturated carbocycles. The van der Waals surface area contributed by atoms with Crippen LogP contribution >= 0.6 is 45.2 Å². The van der Waals surface area contributed by atoms with Crippen LogP contribution in [0.25, 0.3) is 95.6 Å². The van der Waals surface area contributed by atoms with Gasteiger partial charge in [-0.1, -0.05) is 119 Å². The summed E-state index contributed by atoms with van der Waals surface area (Å²) in [5, 5.41) is 2.45. The predicted molar refractivity (Wildman–Crippen MR) is 290 cm³/mol. The average Bonchev–Trinajstić information content (AvgIpc) is 3.66. The summed E-state index contributed by atoms with van der Waals surface area (Å²) in [5.41, 5.74) is 14.2. The molecular formula is C58H48I2N6. The summed E-state index contributed by atoms with van der Waals surface area (Å²) in [6, 6.07) is 58.2. The third-order valence-electron chi connectivity index (χ3n) is 12.1. The minimum absolute atomic E-state index is 0.0648. The van der Waals surface area contributed by atoms with Crippen molar-refractivity contribution < 1.29 is 0 Å². The van der Waals surface area contributed by atoms with Gasteiger partial charge in [-0.3, -0.25) is 0 Å². The van der Waals surface area contributed by atoms with Crippen molar-refractivity contribution in [3.63, 3.8) is 0 Å². The molecule has 0 N–H and O–H groups in total. The summed E-state index contributed by atoms with van der Waals surface area (Å²) in [6.07, 6.45) is 3.36. The Morgan fingerprint density at radius 2 is 1.09 bits per heavy atom. The second-order valence-electron chi connectivity index (χ2n) is 18.0. The third kappa shape index (κ3) is 8.92. The summed E-state index contributed by atoms with van der Waals surface area (Å²) in [4.78, 5) is 26.5. The van der Waals surface area contributed by atoms with Gasteiger partial charge < -0.3 is 4.57 Å². The second-order valence-corrected chi connectivity index (χ2v) is 20.5. The molecule has 0 radical (unpaired) electrons. The number of benzene rings is 7. The average molecular weight is 1080 g/mol. The number of fused-ring (bicyclic) bond motifs is 3. The van der Waals surface area contributed by atoms with E-state index in [0.717, 1.165) is 93.5 Å². The first-order valence-corrected chi connectivity index (χ1v) is 24.7. The fraction of sp³-hybridized carbons (Fsp3) is 0.155. The van der Waals surface area contributed by atoms with Gasteiger partial charge in [0.2, 0.25) is 0 Å². The maximum atomic E-state index is 5.43. The molecule has 0 aliphatic heterocycles. The van der Waals surface area contributed by atoms with E-state index in [1.165, 1.54) is 21.9 Å². The molecular weight excluding hydrogens is 1030 g/mol. The molecule has 0 atom stereocenters. The van der Waals surface area contributed by atoms with Crippen molar-refractivity contribution in [1.29, 1.82) is 0 Å². The number of nitrogens with zero attached hydrogens (tertiary/aromatic N) is 6. The van der Waals surface area contributed by atoms with Crippen molar-refractivity contribution in [2.24, 2.45) is 0 Å². The monoisotopic (exact) mass is 1080 g/mol. The van der Waals surface area contributed by atoms with Gasteiger partial charge in [-0.25, -0.2) is 24.9 Å². The van der Waals surface area contributed by atoms with Crippen LogP contribution in [0.5, 0.6) is 0 Å². The third-order valence-corrected chi connectivity index (χ3v) is 13.4. The zero-order chi connectivity index (χ0) is 45.5. The molecule has 10 aromatic rings. The Labute approximate surface area is 414 Å². The number of halogens is 2. The van der Waals surface area contributed by atoms with Gasteiger partial charge in [0.25, 0.3) is 0 Å². The van der Waals surface area contributed by atoms with Crippen molar-refractivity contribution in [2.75, 3.05) is 0 Å². The van der Waals surface area contributed by atoms with E-state index >= 15 is 0 Å². The summed E-state index contributed by atoms with van der Waals surface area (Å²) in [7, 11) is 0. The molecule has 8 heteroatoms. The Hall–Kier alpha value is -6.11. The molecule has 3 heterocycles. The van der Waals surface area contributed by atoms with Crippen LogP contribution in [-0.2, 0) is 11.8 Å². The van der Waals surface area contributed by atoms with Gasteiger partial charge in [-0.15, -0.1) is 0 Å². The smallest absolute Gasteiger partial charge is 0.164 e. The molecule has 0 amide bonds. The standard InChI is InChI=1S/C58H48I2N6/c1-6-7-16-37-23-25-52-47(29-37)46-21-14-15-22-51(46)66(52)53-26-24-40(33-48(53)50-35-49(38-17-10-8-11-18-38)61-54(62-50)39-19-12-9-13-20-39)55-63-56(41-27-36(2)28-44(59)31-41)65-57(64-55)42-30-43(58(3,4)5)34-45(60)32-42/h8-15,17-35H,6-7,16H2,1-5H3. The summed E-state index contributed by atoms with van der Waals surface area (Å²) >= 11 is 4.79. The molecule has 0 saturated heterocycles. The molecule has 0 unspecified atom stereocenters. The van der Waals surface area contributed by atoms with Gasteiger partial charge in [-0.05, 0) is 166 Å². The molecule has 0 spiro atoms. The van der Waals surface area contributed by atoms with E-state index in [1.807, 2.05) is 24.3 Å². The van der Waals surface area contributed by atoms with Gasteiger partial charge in [0.1, 0.15) is 0 Å². The fourth-order valence-electron chi connectivity index (χ4n) is 8.73. The highest BCUT2D eigenvalue weighted by Crippen LogP contribution is 2.40. The van der Waals surface area contributed by atoms with Crippen LogP contribution in [0, 0.1) is 14.1 Å². The number of para-hydroxylation sites is 1. The van der Waals surface area contributed by atoms with Crippen molar-refractivity contribution in [3.8, 4) is 73.8 Å². The largest absolute Gasteiger partial charge is 0.309 e. The molecule has 3 aromatic heterocycles. The van der Waals surface area contributed by atoms with Gasteiger partial charge >= 0.3 is 0 Å². The normalized spacial score (nSPS) is 11.7. The van der Waals surface area contributed by atoms with Crippen molar-refractivity contribution in [1.82, 2.24) is 29.5 Å². The first-order chi connectivity index (χ1) is 32.0. The van der Waals surface area contributed by atoms with Crippen LogP contribution < -0.4 is 0 Å². The molecule has 66 heavy (non-hydrogen) atoms. The van der Waals surface area contributed by atoms with Crippen LogP contribution in [-0.4, -0.2) is 29.5 Å². The quantitative estimate of drug-likeness (QED) is 0.128. The highest BCUT2D eigenvalue weighted by molar-refractivity contribution is 14.1. The second kappa shape index (κ2) is 18.3. The van der Waals surface area contributed by atoms with Gasteiger partial charge in [-0.2, -0.15) is 0 Å². The minimum atomic E-state index is -0.0648. The van der Waals surface area contributed by atoms with Gasteiger partial charge in [0.05, 0.1) is 28.1 Å². The van der Waals surface area contributed by atoms with Crippen LogP contribution in [0.4, 0.5) is 0 Å². The summed E-state index contributed by atoms with van der Waals surface area (Å²) in [6.45, 7) is 11.1. The first-order valence-electron chi connectivity index (χ1n) is 22.5. The van der Waals surface area contributed by atoms with Crippen molar-refractivity contribution in [3.05, 3.63) is 188 Å². The van der Waals surface area contributed by atoms with Gasteiger partial charge in [0, 0.05) is 51.3 Å². The number of rotatable bonds is 10. The topological polar surface area (TPSA) is 69.4 Å². The van der Waals surface area contributed by atoms with E-state index in [2.05, 4.69) is 224 Å². The Kier molecular flexibility index (Phi) is 12.1. The lowest BCUT2D eigenvalue weighted by Crippen LogP contribution is -2.11. The molecule has 10 rings (SSSR count). The predicted octanol–water partition coefficient (Wildman–Crippen LogP) is 15.9. The van der Waals surface area contributed by atoms with Crippen LogP contribution in [0.15, 0.2) is 164 Å². The molecule has 0 aliphatic carbocycles. The Bertz CT molecular complexity index is 3350. The Morgan fingerprint density at radius 1 is 0.485 bits per heavy atom. The van der Waals surface area contributed by atoms with E-state index in [9.17, 15) is 0 Å². The number of aromatic nitrogens is 6. The Morgan fingerprint density at radius 3 is 1.79 bits per heavy atom. The zero-order valence-electron chi connectivity index (χ0n) is 37.6. The number of unbranched alkanes of at least 4 members (excludes halogenated alkanes) is 1. The maximum absolute atomic E-state index is 5.43. The molecule has 7 aromatic carbocycles. The van der Waals surface area contributed by atoms with Crippen molar-refractivity contribution >= 4 is 67.0 Å². The van der Waals surface area contributed by atoms with E-state index in [4.69, 9.17) is 24.9 Å². The maximum Gasteiger partial charge on any atom is 0.164 e. The molecule has 0 bridgehead atoms. The molecule has 324 valence electrons. The highest BCUT2D eigenvalue weighted by Gasteiger charge is 2.23. The minimum Gasteiger partial charge on any atom is -0.309 e. The lowest BCUT2D eigenvalue weighted by atomic mass is 9.86. The first kappa shape index (κ1) is 43.8. The Balaban J connectivity index is 1.27. The summed E-state index contributed by atoms with van der Waals surface area (Å²) in [5.74, 6) is 2.48. The van der Waals surface area contributed by atoms with Crippen LogP contribution in [0.1, 0.15) is 57.2 Å². The summed E-state index contributed by atoms with van der Waals surface area (Å²) < 4.78 is 4.66. The lowest BCUT2D eigenvalue weighted by molar-refractivity contribution is 0.590. The number of hydrogen-bond donors (Lipinski definition) is 0. The van der Waals surface area contributed by atoms with Gasteiger partial charge in [0.15, 0.2) is 23.3 Å². The lowest BCUT2D eigenvalue weighted by Gasteiger charge is -2.20. The molecule has 0 aliphatic rings. The number of aryl methyl sites for hydroxylation is 2. The highest BCUT2D eigenvalue weighted by atomic mass is 127. The fourth-order valence-corrected chi connectivity index (χ4v) is 10.2. The van der Waals surface area contributed by atoms with E-state index in [0.29, 0.717) is 23.3 Å². The zero-order valence-corrected chi connectivity index (χ0v) is 42.0. The van der Waals surface area contributed by atoms with E-state index in [-0.39, 0.29) is 5.41 Å². The molecule has 0 fully saturated rings. The van der Waals surface area contributed by atoms with E-state index < -0.39 is 0 Å².